The summed E-state index contributed by atoms with van der Waals surface area (Å²) in [5.41, 5.74) is 0.997. The van der Waals surface area contributed by atoms with Crippen molar-refractivity contribution in [1.29, 1.82) is 0 Å². The Morgan fingerprint density at radius 3 is 2.33 bits per heavy atom. The van der Waals surface area contributed by atoms with Gasteiger partial charge in [0.05, 0.1) is 5.92 Å². The van der Waals surface area contributed by atoms with Gasteiger partial charge >= 0.3 is 6.18 Å². The van der Waals surface area contributed by atoms with E-state index in [0.29, 0.717) is 13.1 Å². The highest BCUT2D eigenvalue weighted by Gasteiger charge is 2.49. The van der Waals surface area contributed by atoms with Gasteiger partial charge in [0.2, 0.25) is 0 Å². The van der Waals surface area contributed by atoms with Gasteiger partial charge in [-0.2, -0.15) is 13.2 Å². The van der Waals surface area contributed by atoms with E-state index in [1.807, 2.05) is 30.3 Å². The van der Waals surface area contributed by atoms with Gasteiger partial charge in [0, 0.05) is 32.2 Å². The van der Waals surface area contributed by atoms with Crippen molar-refractivity contribution in [3.8, 4) is 0 Å². The molecule has 1 heterocycles. The fourth-order valence-electron chi connectivity index (χ4n) is 2.49. The Bertz CT molecular complexity index is 380. The van der Waals surface area contributed by atoms with Crippen LogP contribution in [0.15, 0.2) is 30.3 Å². The van der Waals surface area contributed by atoms with Crippen molar-refractivity contribution in [2.75, 3.05) is 19.7 Å². The Kier molecular flexibility index (Phi) is 3.92. The smallest absolute Gasteiger partial charge is 0.393 e. The molecule has 0 bridgehead atoms. The molecule has 1 N–H and O–H groups in total. The van der Waals surface area contributed by atoms with Crippen molar-refractivity contribution in [2.45, 2.75) is 12.7 Å². The summed E-state index contributed by atoms with van der Waals surface area (Å²) in [6.45, 7) is 0.374. The second-order valence-corrected chi connectivity index (χ2v) is 4.77. The molecule has 0 amide bonds. The lowest BCUT2D eigenvalue weighted by Crippen LogP contribution is -2.31. The van der Waals surface area contributed by atoms with E-state index in [0.717, 1.165) is 5.56 Å². The van der Waals surface area contributed by atoms with Crippen molar-refractivity contribution in [1.82, 2.24) is 4.90 Å². The van der Waals surface area contributed by atoms with Crippen molar-refractivity contribution in [3.05, 3.63) is 35.9 Å². The van der Waals surface area contributed by atoms with Crippen LogP contribution in [0.2, 0.25) is 0 Å². The van der Waals surface area contributed by atoms with E-state index in [-0.39, 0.29) is 6.54 Å². The molecular weight excluding hydrogens is 243 g/mol. The molecule has 2 unspecified atom stereocenters. The minimum absolute atomic E-state index is 0.0242. The molecule has 100 valence electrons. The van der Waals surface area contributed by atoms with Gasteiger partial charge in [-0.15, -0.1) is 0 Å². The number of hydrogen-bond acceptors (Lipinski definition) is 2. The molecular formula is C13H16F3NO. The van der Waals surface area contributed by atoms with Crippen molar-refractivity contribution in [3.63, 3.8) is 0 Å². The zero-order valence-corrected chi connectivity index (χ0v) is 9.90. The zero-order valence-electron chi connectivity index (χ0n) is 9.90. The minimum Gasteiger partial charge on any atom is -0.396 e. The maximum atomic E-state index is 12.8. The standard InChI is InChI=1S/C13H16F3NO/c14-13(15,16)12-8-17(7-11(12)9-18)6-10-4-2-1-3-5-10/h1-5,11-12,18H,6-9H2. The zero-order chi connectivity index (χ0) is 13.2. The maximum absolute atomic E-state index is 12.8. The molecule has 0 spiro atoms. The first-order valence-electron chi connectivity index (χ1n) is 5.94. The average molecular weight is 259 g/mol. The highest BCUT2D eigenvalue weighted by molar-refractivity contribution is 5.14. The van der Waals surface area contributed by atoms with Crippen molar-refractivity contribution < 1.29 is 18.3 Å². The largest absolute Gasteiger partial charge is 0.396 e. The van der Waals surface area contributed by atoms with Crippen LogP contribution >= 0.6 is 0 Å². The van der Waals surface area contributed by atoms with Gasteiger partial charge in [-0.1, -0.05) is 30.3 Å². The number of benzene rings is 1. The average Bonchev–Trinajstić information content (AvgIpc) is 2.73. The molecule has 1 aromatic carbocycles. The fourth-order valence-corrected chi connectivity index (χ4v) is 2.49. The van der Waals surface area contributed by atoms with Gasteiger partial charge in [-0.3, -0.25) is 4.90 Å². The third-order valence-electron chi connectivity index (χ3n) is 3.42. The van der Waals surface area contributed by atoms with Gasteiger partial charge < -0.3 is 5.11 Å². The molecule has 0 saturated carbocycles. The Morgan fingerprint density at radius 1 is 1.17 bits per heavy atom. The number of likely N-dealkylation sites (tertiary alicyclic amines) is 1. The number of halogens is 3. The monoisotopic (exact) mass is 259 g/mol. The lowest BCUT2D eigenvalue weighted by Gasteiger charge is -2.19. The summed E-state index contributed by atoms with van der Waals surface area (Å²) in [6.07, 6.45) is -4.22. The molecule has 18 heavy (non-hydrogen) atoms. The SMILES string of the molecule is OCC1CN(Cc2ccccc2)CC1C(F)(F)F. The van der Waals surface area contributed by atoms with E-state index >= 15 is 0 Å². The topological polar surface area (TPSA) is 23.5 Å². The van der Waals surface area contributed by atoms with E-state index in [2.05, 4.69) is 0 Å². The predicted molar refractivity (Wildman–Crippen MR) is 61.8 cm³/mol. The van der Waals surface area contributed by atoms with Crippen LogP contribution in [0.25, 0.3) is 0 Å². The summed E-state index contributed by atoms with van der Waals surface area (Å²) in [6, 6.07) is 9.42. The number of nitrogens with zero attached hydrogens (tertiary/aromatic N) is 1. The van der Waals surface area contributed by atoms with E-state index in [1.165, 1.54) is 0 Å². The molecule has 1 aliphatic rings. The Morgan fingerprint density at radius 2 is 1.83 bits per heavy atom. The van der Waals surface area contributed by atoms with E-state index in [1.54, 1.807) is 4.90 Å². The van der Waals surface area contributed by atoms with Crippen molar-refractivity contribution in [2.24, 2.45) is 11.8 Å². The second kappa shape index (κ2) is 5.28. The van der Waals surface area contributed by atoms with Gasteiger partial charge in [-0.25, -0.2) is 0 Å². The van der Waals surface area contributed by atoms with Gasteiger partial charge in [0.1, 0.15) is 0 Å². The normalized spacial score (nSPS) is 25.6. The van der Waals surface area contributed by atoms with Crippen LogP contribution in [0.5, 0.6) is 0 Å². The van der Waals surface area contributed by atoms with Crippen LogP contribution in [-0.4, -0.2) is 35.9 Å². The Hall–Kier alpha value is -1.07. The second-order valence-electron chi connectivity index (χ2n) is 4.77. The molecule has 0 aliphatic carbocycles. The summed E-state index contributed by atoms with van der Waals surface area (Å²) in [4.78, 5) is 1.76. The molecule has 2 nitrogen and oxygen atoms in total. The summed E-state index contributed by atoms with van der Waals surface area (Å²) in [5.74, 6) is -2.11. The molecule has 1 aliphatic heterocycles. The van der Waals surface area contributed by atoms with Crippen LogP contribution in [0.1, 0.15) is 5.56 Å². The molecule has 2 rings (SSSR count). The summed E-state index contributed by atoms with van der Waals surface area (Å²) < 4.78 is 38.3. The molecule has 2 atom stereocenters. The first-order valence-corrected chi connectivity index (χ1v) is 5.94. The number of alkyl halides is 3. The lowest BCUT2D eigenvalue weighted by molar-refractivity contribution is -0.183. The van der Waals surface area contributed by atoms with Crippen LogP contribution < -0.4 is 0 Å². The van der Waals surface area contributed by atoms with Crippen LogP contribution in [0.3, 0.4) is 0 Å². The first-order chi connectivity index (χ1) is 8.50. The molecule has 5 heteroatoms. The van der Waals surface area contributed by atoms with Gasteiger partial charge in [0.25, 0.3) is 0 Å². The predicted octanol–water partition coefficient (Wildman–Crippen LogP) is 2.29. The molecule has 1 aromatic rings. The van der Waals surface area contributed by atoms with E-state index in [9.17, 15) is 13.2 Å². The summed E-state index contributed by atoms with van der Waals surface area (Å²) >= 11 is 0. The fraction of sp³-hybridized carbons (Fsp3) is 0.538. The third-order valence-corrected chi connectivity index (χ3v) is 3.42. The van der Waals surface area contributed by atoms with Gasteiger partial charge in [0.15, 0.2) is 0 Å². The molecule has 1 saturated heterocycles. The Labute approximate surface area is 104 Å². The van der Waals surface area contributed by atoms with Crippen LogP contribution in [-0.2, 0) is 6.54 Å². The highest BCUT2D eigenvalue weighted by atomic mass is 19.4. The minimum atomic E-state index is -4.22. The number of aliphatic hydroxyl groups is 1. The van der Waals surface area contributed by atoms with Crippen LogP contribution in [0, 0.1) is 11.8 Å². The molecule has 1 fully saturated rings. The Balaban J connectivity index is 2.01. The van der Waals surface area contributed by atoms with E-state index in [4.69, 9.17) is 5.11 Å². The van der Waals surface area contributed by atoms with Gasteiger partial charge in [-0.05, 0) is 5.56 Å². The number of hydrogen-bond donors (Lipinski definition) is 1. The summed E-state index contributed by atoms with van der Waals surface area (Å²) in [5, 5.41) is 9.06. The number of rotatable bonds is 3. The highest BCUT2D eigenvalue weighted by Crippen LogP contribution is 2.37. The van der Waals surface area contributed by atoms with Crippen LogP contribution in [0.4, 0.5) is 13.2 Å². The quantitative estimate of drug-likeness (QED) is 0.900. The number of aliphatic hydroxyl groups excluding tert-OH is 1. The molecule has 0 aromatic heterocycles. The summed E-state index contributed by atoms with van der Waals surface area (Å²) in [7, 11) is 0. The first kappa shape index (κ1) is 13.4. The van der Waals surface area contributed by atoms with E-state index < -0.39 is 24.6 Å². The third kappa shape index (κ3) is 3.03. The lowest BCUT2D eigenvalue weighted by atomic mass is 9.97. The van der Waals surface area contributed by atoms with Crippen molar-refractivity contribution >= 4 is 0 Å². The molecule has 0 radical (unpaired) electrons. The maximum Gasteiger partial charge on any atom is 0.393 e.